The monoisotopic (exact) mass is 287 g/mol. The van der Waals surface area contributed by atoms with E-state index in [0.717, 1.165) is 18.5 Å². The molecule has 118 valence electrons. The Kier molecular flexibility index (Phi) is 7.29. The standard InChI is InChI=1S/C20H33N/c1-3-5-6-7-8-9-10-17-11-13-18(14-12-17)19-15-20(4-2)21-16-19/h11-14,19-21H,3-10,15-16H2,1-2H3/t19-,20-/m1/s1. The van der Waals surface area contributed by atoms with Crippen LogP contribution in [0.2, 0.25) is 0 Å². The van der Waals surface area contributed by atoms with Gasteiger partial charge in [-0.05, 0) is 42.7 Å². The Morgan fingerprint density at radius 3 is 2.33 bits per heavy atom. The van der Waals surface area contributed by atoms with Crippen molar-refractivity contribution in [2.24, 2.45) is 0 Å². The molecule has 0 aliphatic carbocycles. The summed E-state index contributed by atoms with van der Waals surface area (Å²) in [6.45, 7) is 5.73. The van der Waals surface area contributed by atoms with Crippen molar-refractivity contribution >= 4 is 0 Å². The molecule has 1 heteroatoms. The maximum Gasteiger partial charge on any atom is 0.00709 e. The summed E-state index contributed by atoms with van der Waals surface area (Å²) in [6, 6.07) is 10.2. The van der Waals surface area contributed by atoms with E-state index in [1.165, 1.54) is 68.9 Å². The van der Waals surface area contributed by atoms with Crippen molar-refractivity contribution in [3.8, 4) is 0 Å². The van der Waals surface area contributed by atoms with Crippen LogP contribution in [0.1, 0.15) is 82.3 Å². The third-order valence-corrected chi connectivity index (χ3v) is 4.98. The van der Waals surface area contributed by atoms with E-state index in [1.54, 1.807) is 0 Å². The molecular weight excluding hydrogens is 254 g/mol. The van der Waals surface area contributed by atoms with Gasteiger partial charge in [0.1, 0.15) is 0 Å². The Bertz CT molecular complexity index is 381. The molecule has 1 heterocycles. The van der Waals surface area contributed by atoms with Crippen molar-refractivity contribution in [1.82, 2.24) is 5.32 Å². The lowest BCUT2D eigenvalue weighted by Gasteiger charge is -2.10. The second kappa shape index (κ2) is 9.25. The molecule has 1 aliphatic heterocycles. The summed E-state index contributed by atoms with van der Waals surface area (Å²) in [7, 11) is 0. The molecule has 0 unspecified atom stereocenters. The van der Waals surface area contributed by atoms with Crippen LogP contribution in [0.3, 0.4) is 0 Å². The molecule has 0 saturated carbocycles. The van der Waals surface area contributed by atoms with Gasteiger partial charge in [-0.1, -0.05) is 70.2 Å². The molecule has 2 atom stereocenters. The van der Waals surface area contributed by atoms with Gasteiger partial charge < -0.3 is 5.32 Å². The molecule has 1 aromatic carbocycles. The lowest BCUT2D eigenvalue weighted by molar-refractivity contribution is 0.582. The Hall–Kier alpha value is -0.820. The van der Waals surface area contributed by atoms with E-state index in [0.29, 0.717) is 0 Å². The fourth-order valence-electron chi connectivity index (χ4n) is 3.45. The molecule has 0 amide bonds. The van der Waals surface area contributed by atoms with Crippen molar-refractivity contribution in [3.05, 3.63) is 35.4 Å². The van der Waals surface area contributed by atoms with Gasteiger partial charge in [-0.15, -0.1) is 0 Å². The average Bonchev–Trinajstić information content (AvgIpc) is 3.00. The van der Waals surface area contributed by atoms with Crippen molar-refractivity contribution in [1.29, 1.82) is 0 Å². The molecule has 0 bridgehead atoms. The predicted octanol–water partition coefficient (Wildman–Crippen LogP) is 5.45. The molecule has 1 fully saturated rings. The second-order valence-corrected chi connectivity index (χ2v) is 6.71. The maximum absolute atomic E-state index is 3.63. The van der Waals surface area contributed by atoms with Gasteiger partial charge in [-0.3, -0.25) is 0 Å². The van der Waals surface area contributed by atoms with Crippen LogP contribution in [-0.2, 0) is 6.42 Å². The van der Waals surface area contributed by atoms with Crippen molar-refractivity contribution < 1.29 is 0 Å². The van der Waals surface area contributed by atoms with Gasteiger partial charge in [0.15, 0.2) is 0 Å². The molecule has 0 radical (unpaired) electrons. The van der Waals surface area contributed by atoms with Gasteiger partial charge in [0, 0.05) is 12.6 Å². The Morgan fingerprint density at radius 2 is 1.67 bits per heavy atom. The molecule has 1 saturated heterocycles. The Balaban J connectivity index is 1.70. The summed E-state index contributed by atoms with van der Waals surface area (Å²) in [5, 5.41) is 3.63. The third-order valence-electron chi connectivity index (χ3n) is 4.98. The second-order valence-electron chi connectivity index (χ2n) is 6.71. The van der Waals surface area contributed by atoms with Gasteiger partial charge in [0.25, 0.3) is 0 Å². The van der Waals surface area contributed by atoms with E-state index in [2.05, 4.69) is 43.4 Å². The lowest BCUT2D eigenvalue weighted by atomic mass is 9.94. The topological polar surface area (TPSA) is 12.0 Å². The molecule has 0 aromatic heterocycles. The summed E-state index contributed by atoms with van der Waals surface area (Å²) in [4.78, 5) is 0. The van der Waals surface area contributed by atoms with Crippen LogP contribution >= 0.6 is 0 Å². The summed E-state index contributed by atoms with van der Waals surface area (Å²) in [5.74, 6) is 0.734. The molecule has 1 nitrogen and oxygen atoms in total. The fourth-order valence-corrected chi connectivity index (χ4v) is 3.45. The van der Waals surface area contributed by atoms with Crippen LogP contribution in [0.15, 0.2) is 24.3 Å². The van der Waals surface area contributed by atoms with Crippen LogP contribution in [-0.4, -0.2) is 12.6 Å². The molecule has 2 rings (SSSR count). The van der Waals surface area contributed by atoms with Crippen LogP contribution in [0.25, 0.3) is 0 Å². The van der Waals surface area contributed by atoms with Gasteiger partial charge in [0.05, 0.1) is 0 Å². The number of hydrogen-bond donors (Lipinski definition) is 1. The minimum absolute atomic E-state index is 0.734. The number of rotatable bonds is 9. The van der Waals surface area contributed by atoms with E-state index < -0.39 is 0 Å². The number of hydrogen-bond acceptors (Lipinski definition) is 1. The molecule has 1 aromatic rings. The number of aryl methyl sites for hydroxylation is 1. The maximum atomic E-state index is 3.63. The first kappa shape index (κ1) is 16.5. The zero-order valence-electron chi connectivity index (χ0n) is 14.0. The first-order valence-electron chi connectivity index (χ1n) is 9.15. The highest BCUT2D eigenvalue weighted by Gasteiger charge is 2.23. The van der Waals surface area contributed by atoms with Crippen molar-refractivity contribution in [2.45, 2.75) is 83.6 Å². The van der Waals surface area contributed by atoms with Crippen molar-refractivity contribution in [3.63, 3.8) is 0 Å². The average molecular weight is 287 g/mol. The van der Waals surface area contributed by atoms with Gasteiger partial charge >= 0.3 is 0 Å². The molecule has 21 heavy (non-hydrogen) atoms. The number of benzene rings is 1. The van der Waals surface area contributed by atoms with Gasteiger partial charge in [-0.25, -0.2) is 0 Å². The molecule has 1 aliphatic rings. The zero-order chi connectivity index (χ0) is 14.9. The summed E-state index contributed by atoms with van der Waals surface area (Å²) >= 11 is 0. The number of nitrogens with one attached hydrogen (secondary N) is 1. The molecule has 1 N–H and O–H groups in total. The quantitative estimate of drug-likeness (QED) is 0.596. The molecule has 0 spiro atoms. The largest absolute Gasteiger partial charge is 0.313 e. The Morgan fingerprint density at radius 1 is 0.952 bits per heavy atom. The van der Waals surface area contributed by atoms with Crippen molar-refractivity contribution in [2.75, 3.05) is 6.54 Å². The minimum Gasteiger partial charge on any atom is -0.313 e. The predicted molar refractivity (Wildman–Crippen MR) is 93.0 cm³/mol. The highest BCUT2D eigenvalue weighted by Crippen LogP contribution is 2.27. The first-order valence-corrected chi connectivity index (χ1v) is 9.15. The highest BCUT2D eigenvalue weighted by atomic mass is 14.9. The lowest BCUT2D eigenvalue weighted by Crippen LogP contribution is -2.19. The van der Waals surface area contributed by atoms with Crippen LogP contribution in [0.4, 0.5) is 0 Å². The summed E-state index contributed by atoms with van der Waals surface area (Å²) < 4.78 is 0. The first-order chi connectivity index (χ1) is 10.3. The number of unbranched alkanes of at least 4 members (excludes halogenated alkanes) is 5. The normalized spacial score (nSPS) is 21.8. The minimum atomic E-state index is 0.734. The summed E-state index contributed by atoms with van der Waals surface area (Å²) in [6.07, 6.45) is 12.2. The summed E-state index contributed by atoms with van der Waals surface area (Å²) in [5.41, 5.74) is 3.05. The van der Waals surface area contributed by atoms with E-state index in [4.69, 9.17) is 0 Å². The SMILES string of the molecule is CCCCCCCCc1ccc([C@H]2CN[C@H](CC)C2)cc1. The van der Waals surface area contributed by atoms with Crippen LogP contribution < -0.4 is 5.32 Å². The highest BCUT2D eigenvalue weighted by molar-refractivity contribution is 5.26. The third kappa shape index (κ3) is 5.47. The fraction of sp³-hybridized carbons (Fsp3) is 0.700. The van der Waals surface area contributed by atoms with E-state index >= 15 is 0 Å². The zero-order valence-corrected chi connectivity index (χ0v) is 14.0. The van der Waals surface area contributed by atoms with E-state index in [1.807, 2.05) is 0 Å². The van der Waals surface area contributed by atoms with Gasteiger partial charge in [-0.2, -0.15) is 0 Å². The van der Waals surface area contributed by atoms with Crippen LogP contribution in [0.5, 0.6) is 0 Å². The van der Waals surface area contributed by atoms with Gasteiger partial charge in [0.2, 0.25) is 0 Å². The smallest absolute Gasteiger partial charge is 0.00709 e. The van der Waals surface area contributed by atoms with Crippen LogP contribution in [0, 0.1) is 0 Å². The van der Waals surface area contributed by atoms with E-state index in [9.17, 15) is 0 Å². The van der Waals surface area contributed by atoms with E-state index in [-0.39, 0.29) is 0 Å². The molecular formula is C20H33N. The Labute approximate surface area is 131 Å².